The number of unbranched alkanes of at least 4 members (excludes halogenated alkanes) is 1. The van der Waals surface area contributed by atoms with Crippen LogP contribution in [0.3, 0.4) is 0 Å². The van der Waals surface area contributed by atoms with Crippen molar-refractivity contribution in [2.75, 3.05) is 30.8 Å². The molecular formula is C24H30Cl3N3O5S. The van der Waals surface area contributed by atoms with E-state index in [0.717, 1.165) is 23.4 Å². The van der Waals surface area contributed by atoms with E-state index in [1.165, 1.54) is 36.3 Å². The van der Waals surface area contributed by atoms with E-state index in [0.29, 0.717) is 27.9 Å². The maximum Gasteiger partial charge on any atom is 0.244 e. The first-order valence-electron chi connectivity index (χ1n) is 11.2. The molecule has 0 aliphatic rings. The standard InChI is InChI=1S/C24H30Cl3N3O5S/c1-5-6-11-28-24(32)16(2)29(14-17-7-8-18(25)12-20(17)26)23(31)15-30(36(4,33)34)19-9-10-22(35-3)21(27)13-19/h7-10,12-13,16H,5-6,11,14-15H2,1-4H3,(H,28,32)/t16-/m1/s1. The van der Waals surface area contributed by atoms with Crippen molar-refractivity contribution in [3.63, 3.8) is 0 Å². The summed E-state index contributed by atoms with van der Waals surface area (Å²) in [5, 5.41) is 3.74. The number of hydrogen-bond acceptors (Lipinski definition) is 5. The molecule has 2 aromatic rings. The van der Waals surface area contributed by atoms with Gasteiger partial charge in [0.25, 0.3) is 0 Å². The lowest BCUT2D eigenvalue weighted by molar-refractivity contribution is -0.139. The first-order valence-corrected chi connectivity index (χ1v) is 14.2. The molecule has 0 radical (unpaired) electrons. The first kappa shape index (κ1) is 30.0. The van der Waals surface area contributed by atoms with Gasteiger partial charge in [0.1, 0.15) is 18.3 Å². The predicted octanol–water partition coefficient (Wildman–Crippen LogP) is 4.76. The summed E-state index contributed by atoms with van der Waals surface area (Å²) in [6.07, 6.45) is 2.67. The minimum atomic E-state index is -3.89. The van der Waals surface area contributed by atoms with E-state index in [-0.39, 0.29) is 23.2 Å². The number of methoxy groups -OCH3 is 1. The molecule has 0 spiro atoms. The van der Waals surface area contributed by atoms with E-state index >= 15 is 0 Å². The average molecular weight is 579 g/mol. The predicted molar refractivity (Wildman–Crippen MR) is 145 cm³/mol. The Morgan fingerprint density at radius 3 is 2.33 bits per heavy atom. The maximum absolute atomic E-state index is 13.6. The van der Waals surface area contributed by atoms with E-state index in [4.69, 9.17) is 39.5 Å². The van der Waals surface area contributed by atoms with E-state index in [2.05, 4.69) is 5.32 Å². The minimum Gasteiger partial charge on any atom is -0.495 e. The molecule has 198 valence electrons. The number of sulfonamides is 1. The molecule has 1 atom stereocenters. The monoisotopic (exact) mass is 577 g/mol. The molecule has 0 heterocycles. The number of nitrogens with zero attached hydrogens (tertiary/aromatic N) is 2. The second kappa shape index (κ2) is 13.4. The summed E-state index contributed by atoms with van der Waals surface area (Å²) in [5.74, 6) is -0.603. The SMILES string of the molecule is CCCCNC(=O)[C@@H](C)N(Cc1ccc(Cl)cc1Cl)C(=O)CN(c1ccc(OC)c(Cl)c1)S(C)(=O)=O. The summed E-state index contributed by atoms with van der Waals surface area (Å²) in [6.45, 7) is 3.46. The van der Waals surface area contributed by atoms with Crippen molar-refractivity contribution < 1.29 is 22.7 Å². The third-order valence-electron chi connectivity index (χ3n) is 5.46. The lowest BCUT2D eigenvalue weighted by Gasteiger charge is -2.31. The summed E-state index contributed by atoms with van der Waals surface area (Å²) in [4.78, 5) is 27.7. The van der Waals surface area contributed by atoms with Crippen molar-refractivity contribution >= 4 is 62.3 Å². The lowest BCUT2D eigenvalue weighted by Crippen LogP contribution is -2.51. The Bertz CT molecular complexity index is 1190. The molecule has 2 amide bonds. The van der Waals surface area contributed by atoms with Gasteiger partial charge in [-0.05, 0) is 49.2 Å². The number of hydrogen-bond donors (Lipinski definition) is 1. The Labute approximate surface area is 227 Å². The van der Waals surface area contributed by atoms with Crippen LogP contribution >= 0.6 is 34.8 Å². The number of anilines is 1. The number of rotatable bonds is 12. The number of carbonyl (C=O) groups excluding carboxylic acids is 2. The quantitative estimate of drug-likeness (QED) is 0.367. The molecular weight excluding hydrogens is 549 g/mol. The first-order chi connectivity index (χ1) is 16.9. The van der Waals surface area contributed by atoms with Crippen LogP contribution in [0.15, 0.2) is 36.4 Å². The van der Waals surface area contributed by atoms with Gasteiger partial charge >= 0.3 is 0 Å². The van der Waals surface area contributed by atoms with Gasteiger partial charge in [0.2, 0.25) is 21.8 Å². The third kappa shape index (κ3) is 8.16. The van der Waals surface area contributed by atoms with Crippen LogP contribution in [-0.2, 0) is 26.2 Å². The Hall–Kier alpha value is -2.20. The molecule has 2 rings (SSSR count). The van der Waals surface area contributed by atoms with Crippen molar-refractivity contribution in [2.45, 2.75) is 39.3 Å². The second-order valence-corrected chi connectivity index (χ2v) is 11.3. The molecule has 12 heteroatoms. The van der Waals surface area contributed by atoms with Gasteiger partial charge in [-0.2, -0.15) is 0 Å². The second-order valence-electron chi connectivity index (χ2n) is 8.17. The fourth-order valence-electron chi connectivity index (χ4n) is 3.38. The molecule has 0 aromatic heterocycles. The van der Waals surface area contributed by atoms with Crippen LogP contribution in [0, 0.1) is 0 Å². The number of nitrogens with one attached hydrogen (secondary N) is 1. The molecule has 0 fully saturated rings. The van der Waals surface area contributed by atoms with Crippen LogP contribution in [-0.4, -0.2) is 57.6 Å². The Balaban J connectivity index is 2.41. The number of amides is 2. The van der Waals surface area contributed by atoms with E-state index in [1.54, 1.807) is 19.1 Å². The highest BCUT2D eigenvalue weighted by Gasteiger charge is 2.30. The van der Waals surface area contributed by atoms with E-state index < -0.39 is 28.5 Å². The van der Waals surface area contributed by atoms with Crippen LogP contribution in [0.2, 0.25) is 15.1 Å². The van der Waals surface area contributed by atoms with Crippen LogP contribution in [0.4, 0.5) is 5.69 Å². The number of ether oxygens (including phenoxy) is 1. The summed E-state index contributed by atoms with van der Waals surface area (Å²) in [5.41, 5.74) is 0.738. The van der Waals surface area contributed by atoms with Crippen LogP contribution in [0.25, 0.3) is 0 Å². The number of halogens is 3. The number of benzene rings is 2. The molecule has 0 bridgehead atoms. The zero-order valence-electron chi connectivity index (χ0n) is 20.6. The summed E-state index contributed by atoms with van der Waals surface area (Å²) in [7, 11) is -2.45. The fraction of sp³-hybridized carbons (Fsp3) is 0.417. The van der Waals surface area contributed by atoms with Crippen LogP contribution in [0.5, 0.6) is 5.75 Å². The molecule has 0 unspecified atom stereocenters. The fourth-order valence-corrected chi connectivity index (χ4v) is 4.94. The molecule has 1 N–H and O–H groups in total. The maximum atomic E-state index is 13.6. The van der Waals surface area contributed by atoms with Crippen LogP contribution in [0.1, 0.15) is 32.3 Å². The molecule has 0 aliphatic carbocycles. The van der Waals surface area contributed by atoms with Gasteiger partial charge in [-0.1, -0.05) is 54.2 Å². The highest BCUT2D eigenvalue weighted by molar-refractivity contribution is 7.92. The highest BCUT2D eigenvalue weighted by Crippen LogP contribution is 2.30. The van der Waals surface area contributed by atoms with E-state index in [1.807, 2.05) is 6.92 Å². The summed E-state index contributed by atoms with van der Waals surface area (Å²) >= 11 is 18.5. The normalized spacial score (nSPS) is 12.1. The number of carbonyl (C=O) groups is 2. The minimum absolute atomic E-state index is 0.0296. The smallest absolute Gasteiger partial charge is 0.244 e. The molecule has 0 saturated carbocycles. The Kier molecular flexibility index (Phi) is 11.2. The molecule has 8 nitrogen and oxygen atoms in total. The largest absolute Gasteiger partial charge is 0.495 e. The van der Waals surface area contributed by atoms with Crippen molar-refractivity contribution in [3.05, 3.63) is 57.0 Å². The van der Waals surface area contributed by atoms with Crippen molar-refractivity contribution in [2.24, 2.45) is 0 Å². The summed E-state index contributed by atoms with van der Waals surface area (Å²) < 4.78 is 31.4. The van der Waals surface area contributed by atoms with Gasteiger partial charge < -0.3 is 15.0 Å². The zero-order valence-corrected chi connectivity index (χ0v) is 23.6. The van der Waals surface area contributed by atoms with Crippen molar-refractivity contribution in [3.8, 4) is 5.75 Å². The summed E-state index contributed by atoms with van der Waals surface area (Å²) in [6, 6.07) is 8.31. The van der Waals surface area contributed by atoms with E-state index in [9.17, 15) is 18.0 Å². The van der Waals surface area contributed by atoms with Gasteiger partial charge in [0, 0.05) is 23.1 Å². The van der Waals surface area contributed by atoms with Gasteiger partial charge in [-0.25, -0.2) is 8.42 Å². The van der Waals surface area contributed by atoms with Gasteiger partial charge in [0.15, 0.2) is 0 Å². The van der Waals surface area contributed by atoms with Gasteiger partial charge in [-0.15, -0.1) is 0 Å². The molecule has 36 heavy (non-hydrogen) atoms. The average Bonchev–Trinajstić information content (AvgIpc) is 2.80. The lowest BCUT2D eigenvalue weighted by atomic mass is 10.1. The zero-order chi connectivity index (χ0) is 27.0. The topological polar surface area (TPSA) is 96.0 Å². The Morgan fingerprint density at radius 1 is 1.08 bits per heavy atom. The van der Waals surface area contributed by atoms with Gasteiger partial charge in [0.05, 0.1) is 24.1 Å². The molecule has 2 aromatic carbocycles. The van der Waals surface area contributed by atoms with Gasteiger partial charge in [-0.3, -0.25) is 13.9 Å². The van der Waals surface area contributed by atoms with Crippen molar-refractivity contribution in [1.82, 2.24) is 10.2 Å². The molecule has 0 saturated heterocycles. The van der Waals surface area contributed by atoms with Crippen molar-refractivity contribution in [1.29, 1.82) is 0 Å². The Morgan fingerprint density at radius 2 is 1.78 bits per heavy atom. The molecule has 0 aliphatic heterocycles. The highest BCUT2D eigenvalue weighted by atomic mass is 35.5. The third-order valence-corrected chi connectivity index (χ3v) is 7.48. The van der Waals surface area contributed by atoms with Crippen LogP contribution < -0.4 is 14.4 Å².